The number of aromatic amines is 2. The van der Waals surface area contributed by atoms with Crippen LogP contribution in [0.25, 0.3) is 21.8 Å². The van der Waals surface area contributed by atoms with Gasteiger partial charge in [0.1, 0.15) is 5.78 Å². The van der Waals surface area contributed by atoms with Gasteiger partial charge in [-0.3, -0.25) is 44.6 Å². The van der Waals surface area contributed by atoms with Gasteiger partial charge in [-0.1, -0.05) is 91.8 Å². The van der Waals surface area contributed by atoms with Crippen molar-refractivity contribution in [2.24, 2.45) is 23.7 Å². The fourth-order valence-corrected chi connectivity index (χ4v) is 11.9. The molecule has 0 spiro atoms. The number of hydrogen-bond acceptors (Lipinski definition) is 12. The summed E-state index contributed by atoms with van der Waals surface area (Å²) in [5, 5.41) is 32.9. The first-order chi connectivity index (χ1) is 46.5. The van der Waals surface area contributed by atoms with Gasteiger partial charge in [-0.25, -0.2) is 0 Å². The topological polar surface area (TPSA) is 323 Å². The normalized spacial score (nSPS) is 14.4. The van der Waals surface area contributed by atoms with E-state index < -0.39 is 0 Å². The minimum absolute atomic E-state index is 0. The van der Waals surface area contributed by atoms with Crippen LogP contribution in [-0.4, -0.2) is 144 Å². The third-order valence-corrected chi connectivity index (χ3v) is 18.5. The summed E-state index contributed by atoms with van der Waals surface area (Å²) < 4.78 is 0. The zero-order valence-corrected chi connectivity index (χ0v) is 65.2. The number of H-pyrrole nitrogens is 2. The number of benzene rings is 2. The van der Waals surface area contributed by atoms with Gasteiger partial charge in [0, 0.05) is 185 Å². The molecule has 0 saturated carbocycles. The molecule has 1 radical (unpaired) electrons. The van der Waals surface area contributed by atoms with Gasteiger partial charge in [-0.05, 0) is 166 Å². The fourth-order valence-electron chi connectivity index (χ4n) is 11.9. The first kappa shape index (κ1) is 88.7. The molecular formula is C76H123N12O10Y-. The number of Topliss-reactive ketones (excluding diaryl/α,β-unsaturated/α-hetero) is 1. The summed E-state index contributed by atoms with van der Waals surface area (Å²) in [6.07, 6.45) is 14.8. The Morgan fingerprint density at radius 2 is 0.667 bits per heavy atom. The smallest absolute Gasteiger partial charge is 0.220 e. The Morgan fingerprint density at radius 1 is 0.364 bits per heavy atom. The van der Waals surface area contributed by atoms with E-state index in [1.54, 1.807) is 6.92 Å². The molecule has 99 heavy (non-hydrogen) atoms. The summed E-state index contributed by atoms with van der Waals surface area (Å²) in [4.78, 5) is 131. The maximum absolute atomic E-state index is 13.3. The zero-order valence-electron chi connectivity index (χ0n) is 62.4. The molecule has 10 atom stereocenters. The van der Waals surface area contributed by atoms with E-state index in [0.717, 1.165) is 45.8 Å². The van der Waals surface area contributed by atoms with Crippen LogP contribution in [-0.2, 0) is 93.5 Å². The van der Waals surface area contributed by atoms with Crippen LogP contribution in [0.1, 0.15) is 223 Å². The molecule has 0 fully saturated rings. The second-order valence-corrected chi connectivity index (χ2v) is 28.5. The summed E-state index contributed by atoms with van der Waals surface area (Å²) >= 11 is 0. The maximum atomic E-state index is 13.3. The average Bonchev–Trinajstić information content (AvgIpc) is 1.70. The number of para-hydroxylation sites is 2. The van der Waals surface area contributed by atoms with Crippen LogP contribution in [0.2, 0.25) is 0 Å². The quantitative estimate of drug-likeness (QED) is 0.0184. The van der Waals surface area contributed by atoms with Gasteiger partial charge in [0.25, 0.3) is 0 Å². The number of amides is 8. The van der Waals surface area contributed by atoms with Gasteiger partial charge >= 0.3 is 0 Å². The Kier molecular flexibility index (Phi) is 43.4. The van der Waals surface area contributed by atoms with E-state index in [1.807, 2.05) is 144 Å². The van der Waals surface area contributed by atoms with Gasteiger partial charge in [0.15, 0.2) is 0 Å². The van der Waals surface area contributed by atoms with Gasteiger partial charge in [-0.2, -0.15) is 0 Å². The van der Waals surface area contributed by atoms with E-state index in [1.165, 1.54) is 0 Å². The second-order valence-electron chi connectivity index (χ2n) is 28.5. The van der Waals surface area contributed by atoms with E-state index in [2.05, 4.69) is 83.0 Å². The Bertz CT molecular complexity index is 3090. The molecule has 0 aliphatic heterocycles. The van der Waals surface area contributed by atoms with Crippen molar-refractivity contribution in [3.8, 4) is 0 Å². The van der Waals surface area contributed by atoms with Crippen molar-refractivity contribution in [1.29, 1.82) is 0 Å². The minimum atomic E-state index is -0.289. The number of ketones is 1. The molecule has 0 aliphatic rings. The van der Waals surface area contributed by atoms with Crippen molar-refractivity contribution >= 4 is 81.1 Å². The number of hydrogen-bond donors (Lipinski definition) is 12. The first-order valence-electron chi connectivity index (χ1n) is 36.1. The Balaban J connectivity index is 0.000000722. The van der Waals surface area contributed by atoms with E-state index in [0.29, 0.717) is 83.0 Å². The molecule has 2 aromatic carbocycles. The van der Waals surface area contributed by atoms with Crippen LogP contribution in [0.3, 0.4) is 0 Å². The number of carbonyl (C=O) groups is 9. The summed E-state index contributed by atoms with van der Waals surface area (Å²) in [7, 11) is 3.79. The van der Waals surface area contributed by atoms with Crippen LogP contribution < -0.4 is 53.2 Å². The van der Waals surface area contributed by atoms with Crippen molar-refractivity contribution in [2.75, 3.05) is 14.1 Å². The van der Waals surface area contributed by atoms with Crippen LogP contribution in [0, 0.1) is 23.7 Å². The molecule has 2 aromatic heterocycles. The van der Waals surface area contributed by atoms with E-state index in [4.69, 9.17) is 0 Å². The summed E-state index contributed by atoms with van der Waals surface area (Å²) in [6.45, 7) is 25.5. The summed E-state index contributed by atoms with van der Waals surface area (Å²) in [6, 6.07) is 15.0. The third kappa shape index (κ3) is 36.7. The zero-order chi connectivity index (χ0) is 72.9. The van der Waals surface area contributed by atoms with E-state index in [9.17, 15) is 47.9 Å². The molecule has 551 valence electrons. The molecule has 2 heterocycles. The SMILES string of the molecule is CN[C@@H](C)CCC(=O)N[C@H](CCC(=O)N[C@@H](C)CCC(=O)N[C@H](C[C-]=O)C(C)C)Cc1c[nH]c2ccccc12.CN[C@H](CCC(=O)N[C@@H](C)CCC(=O)N[C@H](CCC(=O)N[C@@H](C)CCC(=O)N[C@H](CCC(=O)N[C@H](CCC(C)=O)C(C)C)Cc1c[nH]c2ccccc12)C(C)C)C(C)C.[Y]. The maximum Gasteiger partial charge on any atom is 0.220 e. The van der Waals surface area contributed by atoms with Gasteiger partial charge in [0.2, 0.25) is 47.3 Å². The number of fused-ring (bicyclic) bond motifs is 2. The van der Waals surface area contributed by atoms with E-state index >= 15 is 0 Å². The van der Waals surface area contributed by atoms with Crippen LogP contribution in [0.5, 0.6) is 0 Å². The third-order valence-electron chi connectivity index (χ3n) is 18.5. The van der Waals surface area contributed by atoms with Crippen LogP contribution in [0.4, 0.5) is 0 Å². The number of nitrogens with one attached hydrogen (secondary N) is 12. The summed E-state index contributed by atoms with van der Waals surface area (Å²) in [5.41, 5.74) is 4.20. The molecule has 0 bridgehead atoms. The molecule has 4 rings (SSSR count). The molecule has 23 heteroatoms. The Hall–Kier alpha value is -6.36. The Morgan fingerprint density at radius 3 is 1.01 bits per heavy atom. The second kappa shape index (κ2) is 48.5. The predicted octanol–water partition coefficient (Wildman–Crippen LogP) is 9.29. The van der Waals surface area contributed by atoms with Gasteiger partial charge in [0.05, 0.1) is 0 Å². The molecule has 0 unspecified atom stereocenters. The molecule has 0 saturated heterocycles. The van der Waals surface area contributed by atoms with Crippen molar-refractivity contribution in [2.45, 2.75) is 285 Å². The fraction of sp³-hybridized carbons (Fsp3) is 0.658. The molecule has 4 aromatic rings. The van der Waals surface area contributed by atoms with Crippen molar-refractivity contribution in [1.82, 2.24) is 63.1 Å². The molecule has 0 aliphatic carbocycles. The Labute approximate surface area is 616 Å². The van der Waals surface area contributed by atoms with Crippen molar-refractivity contribution < 1.29 is 80.7 Å². The summed E-state index contributed by atoms with van der Waals surface area (Å²) in [5.74, 6) is 0.194. The number of rotatable bonds is 47. The van der Waals surface area contributed by atoms with Crippen molar-refractivity contribution in [3.63, 3.8) is 0 Å². The standard InChI is InChI=1S/C46H77N7O6.C30H46N5O4.Y/c1-29(2)38(47-10)20-25-42(55)49-33(8)16-23-45(58)53-40(31(5)6)21-26-43(56)50-32(7)15-22-44(57)51-36(27-35-28-48-41-14-12-11-13-37(35)41)18-24-46(59)52-39(30(3)4)19-17-34(9)54;1-20(2)26(16-17-36)35-30(39)14-11-22(4)33-28(37)15-12-24(34-29(38)13-10-21(3)31-5)18-23-19-32-27-9-7-6-8-25(23)27;/h11-14,28-33,36,38-40,47-48H,15-27H2,1-10H3,(H,49,55)(H,50,56)(H,51,57)(H,52,59)(H,53,58);6-9,19-22,24,26,31-32H,10-16,18H2,1-5H3,(H,33,37)(H,34,38)(H,35,39);/q;-1;/t32-,33-,36+,38+,39+,40+;21-,22-,24+,26+;/m00./s1. The number of carbonyl (C=O) groups excluding carboxylic acids is 10. The monoisotopic (exact) mass is 1450 g/mol. The molecule has 22 nitrogen and oxygen atoms in total. The van der Waals surface area contributed by atoms with E-state index in [-0.39, 0.29) is 209 Å². The minimum Gasteiger partial charge on any atom is -0.542 e. The predicted molar refractivity (Wildman–Crippen MR) is 391 cm³/mol. The van der Waals surface area contributed by atoms with Gasteiger partial charge in [-0.15, -0.1) is 6.42 Å². The molecular weight excluding hydrogens is 1330 g/mol. The van der Waals surface area contributed by atoms with Crippen LogP contribution >= 0.6 is 0 Å². The molecule has 12 N–H and O–H groups in total. The first-order valence-corrected chi connectivity index (χ1v) is 36.1. The van der Waals surface area contributed by atoms with Crippen molar-refractivity contribution in [3.05, 3.63) is 72.1 Å². The van der Waals surface area contributed by atoms with Crippen LogP contribution in [0.15, 0.2) is 60.9 Å². The average molecular weight is 1450 g/mol. The van der Waals surface area contributed by atoms with Gasteiger partial charge < -0.3 is 72.7 Å². The largest absolute Gasteiger partial charge is 0.542 e. The molecule has 8 amide bonds. The number of aromatic nitrogens is 2.